The minimum atomic E-state index is -1.03. The van der Waals surface area contributed by atoms with E-state index in [1.165, 1.54) is 25.3 Å². The molecule has 0 saturated carbocycles. The number of methoxy groups -OCH3 is 1. The van der Waals surface area contributed by atoms with Gasteiger partial charge in [0.05, 0.1) is 12.7 Å². The molecule has 1 aromatic carbocycles. The standard InChI is InChI=1S/C13H14N2O5/c1-3-11-14-15-12(20-11)7-19-9-5-4-8(13(16)17)6-10(9)18-2/h4-6H,3,7H2,1-2H3,(H,16,17). The van der Waals surface area contributed by atoms with Crippen LogP contribution in [0.25, 0.3) is 0 Å². The van der Waals surface area contributed by atoms with Gasteiger partial charge in [0.2, 0.25) is 5.89 Å². The summed E-state index contributed by atoms with van der Waals surface area (Å²) in [6, 6.07) is 4.35. The quantitative estimate of drug-likeness (QED) is 0.862. The van der Waals surface area contributed by atoms with Crippen molar-refractivity contribution in [2.45, 2.75) is 20.0 Å². The number of carbonyl (C=O) groups is 1. The second-order valence-corrected chi connectivity index (χ2v) is 3.90. The molecule has 2 aromatic rings. The number of hydrogen-bond donors (Lipinski definition) is 1. The van der Waals surface area contributed by atoms with Crippen molar-refractivity contribution in [3.8, 4) is 11.5 Å². The van der Waals surface area contributed by atoms with Crippen LogP contribution in [-0.2, 0) is 13.0 Å². The predicted octanol–water partition coefficient (Wildman–Crippen LogP) is 1.92. The fraction of sp³-hybridized carbons (Fsp3) is 0.308. The number of nitrogens with zero attached hydrogens (tertiary/aromatic N) is 2. The van der Waals surface area contributed by atoms with Gasteiger partial charge in [-0.3, -0.25) is 0 Å². The number of ether oxygens (including phenoxy) is 2. The van der Waals surface area contributed by atoms with E-state index in [1.54, 1.807) is 0 Å². The fourth-order valence-electron chi connectivity index (χ4n) is 1.55. The molecule has 0 spiro atoms. The van der Waals surface area contributed by atoms with Crippen molar-refractivity contribution in [1.82, 2.24) is 10.2 Å². The van der Waals surface area contributed by atoms with Gasteiger partial charge in [-0.1, -0.05) is 6.92 Å². The zero-order valence-corrected chi connectivity index (χ0v) is 11.1. The molecule has 1 N–H and O–H groups in total. The third kappa shape index (κ3) is 3.05. The van der Waals surface area contributed by atoms with Crippen molar-refractivity contribution < 1.29 is 23.8 Å². The number of carboxylic acid groups (broad SMARTS) is 1. The molecule has 0 aliphatic rings. The van der Waals surface area contributed by atoms with E-state index in [9.17, 15) is 4.79 Å². The van der Waals surface area contributed by atoms with Gasteiger partial charge in [-0.25, -0.2) is 4.79 Å². The van der Waals surface area contributed by atoms with Gasteiger partial charge in [0.25, 0.3) is 5.89 Å². The zero-order valence-electron chi connectivity index (χ0n) is 11.1. The highest BCUT2D eigenvalue weighted by molar-refractivity contribution is 5.88. The van der Waals surface area contributed by atoms with E-state index < -0.39 is 5.97 Å². The summed E-state index contributed by atoms with van der Waals surface area (Å²) in [6.07, 6.45) is 0.656. The maximum atomic E-state index is 10.9. The van der Waals surface area contributed by atoms with Crippen LogP contribution >= 0.6 is 0 Å². The number of aryl methyl sites for hydroxylation is 1. The largest absolute Gasteiger partial charge is 0.493 e. The Morgan fingerprint density at radius 3 is 2.65 bits per heavy atom. The fourth-order valence-corrected chi connectivity index (χ4v) is 1.55. The highest BCUT2D eigenvalue weighted by Crippen LogP contribution is 2.28. The van der Waals surface area contributed by atoms with Gasteiger partial charge in [0.1, 0.15) is 0 Å². The van der Waals surface area contributed by atoms with Gasteiger partial charge < -0.3 is 19.0 Å². The van der Waals surface area contributed by atoms with Crippen LogP contribution in [0.5, 0.6) is 11.5 Å². The number of rotatable bonds is 6. The normalized spacial score (nSPS) is 10.3. The van der Waals surface area contributed by atoms with Gasteiger partial charge in [-0.15, -0.1) is 10.2 Å². The molecule has 0 fully saturated rings. The smallest absolute Gasteiger partial charge is 0.335 e. The van der Waals surface area contributed by atoms with E-state index in [2.05, 4.69) is 10.2 Å². The average molecular weight is 278 g/mol. The Hall–Kier alpha value is -2.57. The van der Waals surface area contributed by atoms with Gasteiger partial charge in [0, 0.05) is 6.42 Å². The number of aromatic nitrogens is 2. The van der Waals surface area contributed by atoms with E-state index in [1.807, 2.05) is 6.92 Å². The summed E-state index contributed by atoms with van der Waals surface area (Å²) < 4.78 is 15.9. The molecular weight excluding hydrogens is 264 g/mol. The number of benzene rings is 1. The zero-order chi connectivity index (χ0) is 14.5. The molecule has 0 saturated heterocycles. The molecule has 106 valence electrons. The summed E-state index contributed by atoms with van der Waals surface area (Å²) >= 11 is 0. The molecular formula is C13H14N2O5. The van der Waals surface area contributed by atoms with E-state index in [0.29, 0.717) is 29.7 Å². The maximum Gasteiger partial charge on any atom is 0.335 e. The van der Waals surface area contributed by atoms with Crippen LogP contribution in [0.4, 0.5) is 0 Å². The van der Waals surface area contributed by atoms with Crippen LogP contribution in [0.15, 0.2) is 22.6 Å². The highest BCUT2D eigenvalue weighted by atomic mass is 16.5. The predicted molar refractivity (Wildman–Crippen MR) is 68.0 cm³/mol. The third-order valence-electron chi connectivity index (χ3n) is 2.57. The van der Waals surface area contributed by atoms with Crippen molar-refractivity contribution in [2.24, 2.45) is 0 Å². The van der Waals surface area contributed by atoms with Crippen molar-refractivity contribution >= 4 is 5.97 Å². The van der Waals surface area contributed by atoms with Crippen LogP contribution in [0.1, 0.15) is 29.1 Å². The molecule has 1 aromatic heterocycles. The molecule has 0 amide bonds. The molecule has 1 heterocycles. The Bertz CT molecular complexity index is 609. The Labute approximate surface area is 115 Å². The van der Waals surface area contributed by atoms with Crippen molar-refractivity contribution in [1.29, 1.82) is 0 Å². The first-order chi connectivity index (χ1) is 9.63. The van der Waals surface area contributed by atoms with E-state index in [-0.39, 0.29) is 12.2 Å². The van der Waals surface area contributed by atoms with Gasteiger partial charge >= 0.3 is 5.97 Å². The highest BCUT2D eigenvalue weighted by Gasteiger charge is 2.11. The molecule has 0 unspecified atom stereocenters. The minimum absolute atomic E-state index is 0.0930. The first-order valence-electron chi connectivity index (χ1n) is 5.99. The molecule has 7 nitrogen and oxygen atoms in total. The SMILES string of the molecule is CCc1nnc(COc2ccc(C(=O)O)cc2OC)o1. The first-order valence-corrected chi connectivity index (χ1v) is 5.99. The molecule has 0 bridgehead atoms. The van der Waals surface area contributed by atoms with Crippen LogP contribution < -0.4 is 9.47 Å². The van der Waals surface area contributed by atoms with Crippen molar-refractivity contribution in [3.63, 3.8) is 0 Å². The Kier molecular flexibility index (Phi) is 4.19. The summed E-state index contributed by atoms with van der Waals surface area (Å²) in [4.78, 5) is 10.9. The summed E-state index contributed by atoms with van der Waals surface area (Å²) in [6.45, 7) is 2.00. The number of aromatic carboxylic acids is 1. The number of hydrogen-bond acceptors (Lipinski definition) is 6. The second-order valence-electron chi connectivity index (χ2n) is 3.90. The summed E-state index contributed by atoms with van der Waals surface area (Å²) in [5.74, 6) is 0.608. The lowest BCUT2D eigenvalue weighted by Crippen LogP contribution is -2.01. The van der Waals surface area contributed by atoms with Crippen molar-refractivity contribution in [3.05, 3.63) is 35.5 Å². The van der Waals surface area contributed by atoms with E-state index in [0.717, 1.165) is 0 Å². The summed E-state index contributed by atoms with van der Waals surface area (Å²) in [5, 5.41) is 16.6. The van der Waals surface area contributed by atoms with E-state index >= 15 is 0 Å². The second kappa shape index (κ2) is 6.05. The maximum absolute atomic E-state index is 10.9. The van der Waals surface area contributed by atoms with E-state index in [4.69, 9.17) is 19.0 Å². The Morgan fingerprint density at radius 2 is 2.05 bits per heavy atom. The first kappa shape index (κ1) is 13.9. The van der Waals surface area contributed by atoms with Crippen LogP contribution in [0.2, 0.25) is 0 Å². The van der Waals surface area contributed by atoms with Crippen LogP contribution in [0, 0.1) is 0 Å². The molecule has 7 heteroatoms. The monoisotopic (exact) mass is 278 g/mol. The topological polar surface area (TPSA) is 94.7 Å². The number of carboxylic acids is 1. The van der Waals surface area contributed by atoms with Crippen LogP contribution in [0.3, 0.4) is 0 Å². The third-order valence-corrected chi connectivity index (χ3v) is 2.57. The van der Waals surface area contributed by atoms with Gasteiger partial charge in [-0.05, 0) is 18.2 Å². The van der Waals surface area contributed by atoms with Gasteiger partial charge in [0.15, 0.2) is 18.1 Å². The lowest BCUT2D eigenvalue weighted by molar-refractivity contribution is 0.0696. The van der Waals surface area contributed by atoms with Crippen LogP contribution in [-0.4, -0.2) is 28.4 Å². The molecule has 20 heavy (non-hydrogen) atoms. The Balaban J connectivity index is 2.10. The lowest BCUT2D eigenvalue weighted by Gasteiger charge is -2.09. The van der Waals surface area contributed by atoms with Gasteiger partial charge in [-0.2, -0.15) is 0 Å². The molecule has 0 aliphatic heterocycles. The molecule has 0 atom stereocenters. The Morgan fingerprint density at radius 1 is 1.30 bits per heavy atom. The molecule has 0 aliphatic carbocycles. The summed E-state index contributed by atoms with van der Waals surface area (Å²) in [7, 11) is 1.44. The van der Waals surface area contributed by atoms with Crippen molar-refractivity contribution in [2.75, 3.05) is 7.11 Å². The molecule has 0 radical (unpaired) electrons. The average Bonchev–Trinajstić information content (AvgIpc) is 2.92. The molecule has 2 rings (SSSR count). The lowest BCUT2D eigenvalue weighted by atomic mass is 10.2. The summed E-state index contributed by atoms with van der Waals surface area (Å²) in [5.41, 5.74) is 0.125. The minimum Gasteiger partial charge on any atom is -0.493 e.